The van der Waals surface area contributed by atoms with E-state index in [2.05, 4.69) is 66.1 Å². The topological polar surface area (TPSA) is 44.4 Å². The highest BCUT2D eigenvalue weighted by Crippen LogP contribution is 2.43. The van der Waals surface area contributed by atoms with Crippen molar-refractivity contribution in [1.29, 1.82) is 0 Å². The van der Waals surface area contributed by atoms with Gasteiger partial charge in [-0.05, 0) is 35.7 Å². The van der Waals surface area contributed by atoms with Gasteiger partial charge in [-0.15, -0.1) is 0 Å². The third-order valence-electron chi connectivity index (χ3n) is 6.25. The smallest absolute Gasteiger partial charge is 0.315 e. The van der Waals surface area contributed by atoms with Gasteiger partial charge in [0, 0.05) is 19.0 Å². The summed E-state index contributed by atoms with van der Waals surface area (Å²) < 4.78 is 0. The van der Waals surface area contributed by atoms with E-state index in [4.69, 9.17) is 11.6 Å². The first-order valence-corrected chi connectivity index (χ1v) is 10.7. The number of aryl methyl sites for hydroxylation is 1. The molecule has 2 N–H and O–H groups in total. The van der Waals surface area contributed by atoms with Crippen LogP contribution in [0.25, 0.3) is 11.1 Å². The predicted octanol–water partition coefficient (Wildman–Crippen LogP) is 5.29. The number of para-hydroxylation sites is 1. The second-order valence-electron chi connectivity index (χ2n) is 8.13. The maximum absolute atomic E-state index is 12.9. The van der Waals surface area contributed by atoms with Gasteiger partial charge in [0.2, 0.25) is 0 Å². The van der Waals surface area contributed by atoms with E-state index in [1.807, 2.05) is 23.1 Å². The molecule has 3 aromatic carbocycles. The lowest BCUT2D eigenvalue weighted by Gasteiger charge is -2.59. The summed E-state index contributed by atoms with van der Waals surface area (Å²) in [6, 6.07) is 25.0. The number of likely N-dealkylation sites (tertiary alicyclic amines) is 1. The molecule has 2 heterocycles. The van der Waals surface area contributed by atoms with Crippen LogP contribution in [0.4, 0.5) is 10.5 Å². The van der Waals surface area contributed by atoms with E-state index in [1.54, 1.807) is 6.07 Å². The van der Waals surface area contributed by atoms with Gasteiger partial charge in [0.15, 0.2) is 0 Å². The number of hydrogen-bond acceptors (Lipinski definition) is 2. The molecule has 3 aromatic rings. The van der Waals surface area contributed by atoms with Crippen LogP contribution in [-0.4, -0.2) is 36.1 Å². The van der Waals surface area contributed by atoms with E-state index in [0.717, 1.165) is 13.1 Å². The summed E-state index contributed by atoms with van der Waals surface area (Å²) >= 11 is 6.21. The molecule has 0 aromatic heterocycles. The van der Waals surface area contributed by atoms with Crippen molar-refractivity contribution in [3.63, 3.8) is 0 Å². The SMILES string of the molecule is Cc1cccc(-c2ccc(C3[C@H]4CNC[C@@H]3N4C(=O)Nc3ccccc3Cl)cc2)c1. The Labute approximate surface area is 181 Å². The summed E-state index contributed by atoms with van der Waals surface area (Å²) in [6.45, 7) is 3.72. The van der Waals surface area contributed by atoms with Crippen LogP contribution in [0.1, 0.15) is 17.0 Å². The van der Waals surface area contributed by atoms with Crippen LogP contribution in [0.15, 0.2) is 72.8 Å². The van der Waals surface area contributed by atoms with Crippen LogP contribution in [0, 0.1) is 6.92 Å². The molecule has 2 aliphatic rings. The monoisotopic (exact) mass is 417 g/mol. The maximum Gasteiger partial charge on any atom is 0.322 e. The molecule has 3 atom stereocenters. The Morgan fingerprint density at radius 1 is 0.967 bits per heavy atom. The minimum absolute atomic E-state index is 0.0766. The molecular formula is C25H24ClN3O. The number of carbonyl (C=O) groups excluding carboxylic acids is 1. The molecule has 0 saturated carbocycles. The molecule has 0 aliphatic carbocycles. The molecular weight excluding hydrogens is 394 g/mol. The normalized spacial score (nSPS) is 22.3. The molecule has 0 spiro atoms. The first-order valence-electron chi connectivity index (χ1n) is 10.3. The lowest BCUT2D eigenvalue weighted by molar-refractivity contribution is 0.00202. The van der Waals surface area contributed by atoms with E-state index in [0.29, 0.717) is 16.6 Å². The first kappa shape index (κ1) is 19.2. The number of piperidine rings is 1. The van der Waals surface area contributed by atoms with Gasteiger partial charge in [-0.1, -0.05) is 77.8 Å². The number of rotatable bonds is 3. The largest absolute Gasteiger partial charge is 0.322 e. The van der Waals surface area contributed by atoms with Gasteiger partial charge in [-0.3, -0.25) is 0 Å². The zero-order chi connectivity index (χ0) is 20.7. The molecule has 5 rings (SSSR count). The van der Waals surface area contributed by atoms with Gasteiger partial charge in [-0.2, -0.15) is 0 Å². The maximum atomic E-state index is 12.9. The highest BCUT2D eigenvalue weighted by Gasteiger charge is 2.53. The van der Waals surface area contributed by atoms with Crippen LogP contribution in [-0.2, 0) is 0 Å². The third kappa shape index (κ3) is 3.36. The molecule has 2 aliphatic heterocycles. The highest BCUT2D eigenvalue weighted by atomic mass is 35.5. The van der Waals surface area contributed by atoms with Gasteiger partial charge in [-0.25, -0.2) is 4.79 Å². The van der Waals surface area contributed by atoms with Crippen molar-refractivity contribution in [2.75, 3.05) is 18.4 Å². The number of benzene rings is 3. The van der Waals surface area contributed by atoms with Crippen LogP contribution in [0.3, 0.4) is 0 Å². The highest BCUT2D eigenvalue weighted by molar-refractivity contribution is 6.33. The molecule has 0 radical (unpaired) electrons. The Hall–Kier alpha value is -2.82. The Kier molecular flexibility index (Phi) is 4.97. The minimum atomic E-state index is -0.0766. The first-order chi connectivity index (χ1) is 14.6. The standard InChI is InChI=1S/C25H24ClN3O/c1-16-5-4-6-19(13-16)17-9-11-18(12-10-17)24-22-14-27-15-23(24)29(22)25(30)28-21-8-3-2-7-20(21)26/h2-13,22-24,27H,14-15H2,1H3,(H,28,30)/t22-,23+,24?. The van der Waals surface area contributed by atoms with Gasteiger partial charge >= 0.3 is 6.03 Å². The number of carbonyl (C=O) groups is 1. The lowest BCUT2D eigenvalue weighted by atomic mass is 9.72. The van der Waals surface area contributed by atoms with Crippen molar-refractivity contribution in [3.05, 3.63) is 88.9 Å². The number of amides is 2. The van der Waals surface area contributed by atoms with E-state index >= 15 is 0 Å². The van der Waals surface area contributed by atoms with Crippen LogP contribution in [0.2, 0.25) is 5.02 Å². The van der Waals surface area contributed by atoms with Crippen LogP contribution < -0.4 is 10.6 Å². The summed E-state index contributed by atoms with van der Waals surface area (Å²) in [5.41, 5.74) is 5.67. The zero-order valence-corrected chi connectivity index (χ0v) is 17.6. The van der Waals surface area contributed by atoms with Gasteiger partial charge in [0.25, 0.3) is 0 Å². The molecule has 4 nitrogen and oxygen atoms in total. The van der Waals surface area contributed by atoms with Gasteiger partial charge in [0.05, 0.1) is 22.8 Å². The van der Waals surface area contributed by atoms with Crippen LogP contribution in [0.5, 0.6) is 0 Å². The summed E-state index contributed by atoms with van der Waals surface area (Å²) in [5, 5.41) is 6.97. The molecule has 2 saturated heterocycles. The summed E-state index contributed by atoms with van der Waals surface area (Å²) in [5.74, 6) is 0.356. The predicted molar refractivity (Wildman–Crippen MR) is 122 cm³/mol. The number of piperazine rings is 1. The number of halogens is 1. The van der Waals surface area contributed by atoms with Crippen molar-refractivity contribution in [1.82, 2.24) is 10.2 Å². The molecule has 5 heteroatoms. The number of anilines is 1. The summed E-state index contributed by atoms with van der Waals surface area (Å²) in [4.78, 5) is 14.9. The van der Waals surface area contributed by atoms with Crippen molar-refractivity contribution in [3.8, 4) is 11.1 Å². The molecule has 2 bridgehead atoms. The quantitative estimate of drug-likeness (QED) is 0.608. The fourth-order valence-corrected chi connectivity index (χ4v) is 4.97. The van der Waals surface area contributed by atoms with Crippen molar-refractivity contribution in [2.24, 2.45) is 0 Å². The average molecular weight is 418 g/mol. The number of fused-ring (bicyclic) bond motifs is 2. The van der Waals surface area contributed by atoms with Gasteiger partial charge < -0.3 is 15.5 Å². The number of nitrogens with zero attached hydrogens (tertiary/aromatic N) is 1. The fraction of sp³-hybridized carbons (Fsp3) is 0.240. The lowest BCUT2D eigenvalue weighted by Crippen LogP contribution is -2.74. The molecule has 2 fully saturated rings. The molecule has 152 valence electrons. The van der Waals surface area contributed by atoms with E-state index in [9.17, 15) is 4.79 Å². The number of nitrogens with one attached hydrogen (secondary N) is 2. The second kappa shape index (κ2) is 7.78. The Morgan fingerprint density at radius 3 is 2.40 bits per heavy atom. The Bertz CT molecular complexity index is 1070. The van der Waals surface area contributed by atoms with Crippen molar-refractivity contribution >= 4 is 23.3 Å². The Balaban J connectivity index is 1.33. The minimum Gasteiger partial charge on any atom is -0.315 e. The third-order valence-corrected chi connectivity index (χ3v) is 6.58. The van der Waals surface area contributed by atoms with Crippen LogP contribution >= 0.6 is 11.6 Å². The number of hydrogen-bond donors (Lipinski definition) is 2. The molecule has 1 unspecified atom stereocenters. The fourth-order valence-electron chi connectivity index (χ4n) is 4.79. The van der Waals surface area contributed by atoms with Crippen molar-refractivity contribution < 1.29 is 4.79 Å². The summed E-state index contributed by atoms with van der Waals surface area (Å²) in [6.07, 6.45) is 0. The Morgan fingerprint density at radius 2 is 1.70 bits per heavy atom. The molecule has 2 amide bonds. The van der Waals surface area contributed by atoms with E-state index in [1.165, 1.54) is 22.3 Å². The number of urea groups is 1. The van der Waals surface area contributed by atoms with E-state index < -0.39 is 0 Å². The van der Waals surface area contributed by atoms with Crippen molar-refractivity contribution in [2.45, 2.75) is 24.9 Å². The van der Waals surface area contributed by atoms with Gasteiger partial charge in [0.1, 0.15) is 0 Å². The average Bonchev–Trinajstić information content (AvgIpc) is 2.76. The van der Waals surface area contributed by atoms with E-state index in [-0.39, 0.29) is 18.1 Å². The molecule has 30 heavy (non-hydrogen) atoms. The zero-order valence-electron chi connectivity index (χ0n) is 16.8. The second-order valence-corrected chi connectivity index (χ2v) is 8.53. The summed E-state index contributed by atoms with van der Waals surface area (Å²) in [7, 11) is 0.